The molecule has 1 atom stereocenters. The van der Waals surface area contributed by atoms with Crippen LogP contribution < -0.4 is 15.5 Å². The molecule has 25 heavy (non-hydrogen) atoms. The fourth-order valence-corrected chi connectivity index (χ4v) is 3.88. The lowest BCUT2D eigenvalue weighted by atomic mass is 10.2. The van der Waals surface area contributed by atoms with E-state index in [1.807, 2.05) is 14.0 Å². The van der Waals surface area contributed by atoms with E-state index in [0.29, 0.717) is 6.04 Å². The van der Waals surface area contributed by atoms with Gasteiger partial charge in [0.05, 0.1) is 10.7 Å². The Bertz CT molecular complexity index is 724. The zero-order valence-electron chi connectivity index (χ0n) is 15.2. The number of benzene rings is 1. The summed E-state index contributed by atoms with van der Waals surface area (Å²) in [7, 11) is 1.82. The summed E-state index contributed by atoms with van der Waals surface area (Å²) in [6.07, 6.45) is 2.06. The largest absolute Gasteiger partial charge is 0.366 e. The van der Waals surface area contributed by atoms with Gasteiger partial charge in [0.15, 0.2) is 5.96 Å². The second-order valence-corrected chi connectivity index (χ2v) is 7.47. The molecule has 0 amide bonds. The number of para-hydroxylation sites is 1. The van der Waals surface area contributed by atoms with Gasteiger partial charge < -0.3 is 15.5 Å². The highest BCUT2D eigenvalue weighted by atomic mass is 32.1. The van der Waals surface area contributed by atoms with E-state index in [9.17, 15) is 0 Å². The van der Waals surface area contributed by atoms with E-state index in [-0.39, 0.29) is 0 Å². The SMILES string of the molecule is CN=C(NCCc1csc(C)n1)NCC(C)N1CCc2ccccc21. The van der Waals surface area contributed by atoms with Crippen molar-refractivity contribution in [2.24, 2.45) is 4.99 Å². The Morgan fingerprint density at radius 2 is 2.20 bits per heavy atom. The Morgan fingerprint density at radius 1 is 1.36 bits per heavy atom. The number of aromatic nitrogens is 1. The van der Waals surface area contributed by atoms with E-state index in [4.69, 9.17) is 0 Å². The van der Waals surface area contributed by atoms with Gasteiger partial charge in [0.1, 0.15) is 0 Å². The first-order chi connectivity index (χ1) is 12.2. The summed E-state index contributed by atoms with van der Waals surface area (Å²) >= 11 is 1.70. The Morgan fingerprint density at radius 3 is 2.96 bits per heavy atom. The predicted molar refractivity (Wildman–Crippen MR) is 107 cm³/mol. The molecule has 0 fully saturated rings. The molecule has 2 aromatic rings. The molecular formula is C19H27N5S. The van der Waals surface area contributed by atoms with Crippen molar-refractivity contribution in [1.82, 2.24) is 15.6 Å². The van der Waals surface area contributed by atoms with Gasteiger partial charge in [-0.3, -0.25) is 4.99 Å². The minimum atomic E-state index is 0.420. The molecule has 5 nitrogen and oxygen atoms in total. The number of thiazole rings is 1. The molecular weight excluding hydrogens is 330 g/mol. The quantitative estimate of drug-likeness (QED) is 0.616. The van der Waals surface area contributed by atoms with E-state index in [1.54, 1.807) is 11.3 Å². The average molecular weight is 358 g/mol. The highest BCUT2D eigenvalue weighted by Gasteiger charge is 2.22. The van der Waals surface area contributed by atoms with Crippen molar-refractivity contribution in [2.45, 2.75) is 32.7 Å². The molecule has 134 valence electrons. The van der Waals surface area contributed by atoms with Gasteiger partial charge >= 0.3 is 0 Å². The van der Waals surface area contributed by atoms with Crippen molar-refractivity contribution in [3.05, 3.63) is 45.9 Å². The summed E-state index contributed by atoms with van der Waals surface area (Å²) in [5.41, 5.74) is 3.97. The van der Waals surface area contributed by atoms with Gasteiger partial charge in [-0.15, -0.1) is 11.3 Å². The third-order valence-corrected chi connectivity index (χ3v) is 5.41. The first-order valence-electron chi connectivity index (χ1n) is 8.87. The maximum Gasteiger partial charge on any atom is 0.191 e. The Kier molecular flexibility index (Phi) is 5.91. The van der Waals surface area contributed by atoms with Crippen molar-refractivity contribution in [3.8, 4) is 0 Å². The highest BCUT2D eigenvalue weighted by Crippen LogP contribution is 2.28. The van der Waals surface area contributed by atoms with Crippen LogP contribution in [-0.2, 0) is 12.8 Å². The van der Waals surface area contributed by atoms with Gasteiger partial charge in [-0.05, 0) is 31.9 Å². The number of aryl methyl sites for hydroxylation is 1. The highest BCUT2D eigenvalue weighted by molar-refractivity contribution is 7.09. The van der Waals surface area contributed by atoms with Crippen LogP contribution in [0, 0.1) is 6.92 Å². The van der Waals surface area contributed by atoms with Crippen LogP contribution >= 0.6 is 11.3 Å². The molecule has 1 aromatic heterocycles. The molecule has 0 spiro atoms. The Labute approximate surface area is 154 Å². The molecule has 2 heterocycles. The van der Waals surface area contributed by atoms with Crippen LogP contribution in [0.5, 0.6) is 0 Å². The minimum absolute atomic E-state index is 0.420. The molecule has 1 aromatic carbocycles. The number of fused-ring (bicyclic) bond motifs is 1. The van der Waals surface area contributed by atoms with Gasteiger partial charge in [0, 0.05) is 50.2 Å². The lowest BCUT2D eigenvalue weighted by Crippen LogP contribution is -2.46. The van der Waals surface area contributed by atoms with E-state index in [1.165, 1.54) is 11.3 Å². The fourth-order valence-electron chi connectivity index (χ4n) is 3.23. The predicted octanol–water partition coefficient (Wildman–Crippen LogP) is 2.61. The standard InChI is InChI=1S/C19H27N5S/c1-14(24-11-9-16-6-4-5-7-18(16)24)12-22-19(20-3)21-10-8-17-13-25-15(2)23-17/h4-7,13-14H,8-12H2,1-3H3,(H2,20,21,22). The van der Waals surface area contributed by atoms with E-state index in [0.717, 1.165) is 49.1 Å². The first-order valence-corrected chi connectivity index (χ1v) is 9.75. The number of nitrogens with one attached hydrogen (secondary N) is 2. The van der Waals surface area contributed by atoms with E-state index >= 15 is 0 Å². The normalized spacial score (nSPS) is 15.2. The van der Waals surface area contributed by atoms with Crippen LogP contribution in [0.1, 0.15) is 23.2 Å². The molecule has 2 N–H and O–H groups in total. The van der Waals surface area contributed by atoms with Gasteiger partial charge in [-0.1, -0.05) is 18.2 Å². The number of hydrogen-bond donors (Lipinski definition) is 2. The Balaban J connectivity index is 1.45. The summed E-state index contributed by atoms with van der Waals surface area (Å²) in [5, 5.41) is 10.1. The summed E-state index contributed by atoms with van der Waals surface area (Å²) in [6, 6.07) is 9.12. The zero-order valence-corrected chi connectivity index (χ0v) is 16.1. The van der Waals surface area contributed by atoms with Gasteiger partial charge in [0.2, 0.25) is 0 Å². The average Bonchev–Trinajstić information content (AvgIpc) is 3.23. The third kappa shape index (κ3) is 4.51. The maximum atomic E-state index is 4.49. The zero-order chi connectivity index (χ0) is 17.6. The summed E-state index contributed by atoms with van der Waals surface area (Å²) in [6.45, 7) is 7.10. The Hall–Kier alpha value is -2.08. The second-order valence-electron chi connectivity index (χ2n) is 6.41. The first kappa shape index (κ1) is 17.7. The second kappa shape index (κ2) is 8.34. The maximum absolute atomic E-state index is 4.49. The third-order valence-electron chi connectivity index (χ3n) is 4.58. The van der Waals surface area contributed by atoms with Gasteiger partial charge in [-0.2, -0.15) is 0 Å². The molecule has 0 radical (unpaired) electrons. The van der Waals surface area contributed by atoms with Gasteiger partial charge in [0.25, 0.3) is 0 Å². The molecule has 0 saturated heterocycles. The number of guanidine groups is 1. The van der Waals surface area contributed by atoms with Crippen LogP contribution in [0.4, 0.5) is 5.69 Å². The number of hydrogen-bond acceptors (Lipinski definition) is 4. The van der Waals surface area contributed by atoms with Crippen LogP contribution in [0.25, 0.3) is 0 Å². The monoisotopic (exact) mass is 357 g/mol. The number of rotatable bonds is 6. The van der Waals surface area contributed by atoms with E-state index in [2.05, 4.69) is 62.1 Å². The van der Waals surface area contributed by atoms with Crippen molar-refractivity contribution in [1.29, 1.82) is 0 Å². The molecule has 1 unspecified atom stereocenters. The minimum Gasteiger partial charge on any atom is -0.366 e. The number of aliphatic imine (C=N–C) groups is 1. The number of anilines is 1. The van der Waals surface area contributed by atoms with Gasteiger partial charge in [-0.25, -0.2) is 4.98 Å². The van der Waals surface area contributed by atoms with Crippen LogP contribution in [0.15, 0.2) is 34.6 Å². The lowest BCUT2D eigenvalue weighted by Gasteiger charge is -2.28. The van der Waals surface area contributed by atoms with Crippen LogP contribution in [0.3, 0.4) is 0 Å². The molecule has 0 aliphatic carbocycles. The smallest absolute Gasteiger partial charge is 0.191 e. The van der Waals surface area contributed by atoms with E-state index < -0.39 is 0 Å². The lowest BCUT2D eigenvalue weighted by molar-refractivity contribution is 0.625. The van der Waals surface area contributed by atoms with Crippen LogP contribution in [-0.4, -0.2) is 43.7 Å². The van der Waals surface area contributed by atoms with Crippen LogP contribution in [0.2, 0.25) is 0 Å². The topological polar surface area (TPSA) is 52.6 Å². The van der Waals surface area contributed by atoms with Crippen molar-refractivity contribution in [3.63, 3.8) is 0 Å². The summed E-state index contributed by atoms with van der Waals surface area (Å²) < 4.78 is 0. The number of nitrogens with zero attached hydrogens (tertiary/aromatic N) is 3. The molecule has 6 heteroatoms. The molecule has 1 aliphatic rings. The summed E-state index contributed by atoms with van der Waals surface area (Å²) in [4.78, 5) is 11.3. The molecule has 0 saturated carbocycles. The molecule has 0 bridgehead atoms. The molecule has 3 rings (SSSR count). The van der Waals surface area contributed by atoms with Crippen molar-refractivity contribution in [2.75, 3.05) is 31.6 Å². The summed E-state index contributed by atoms with van der Waals surface area (Å²) in [5.74, 6) is 0.853. The molecule has 1 aliphatic heterocycles. The van der Waals surface area contributed by atoms with Crippen molar-refractivity contribution < 1.29 is 0 Å². The van der Waals surface area contributed by atoms with Crippen molar-refractivity contribution >= 4 is 23.0 Å². The fraction of sp³-hybridized carbons (Fsp3) is 0.474.